The number of benzene rings is 16. The molecule has 16 aromatic carbocycles. The minimum atomic E-state index is -0.418. The summed E-state index contributed by atoms with van der Waals surface area (Å²) in [4.78, 5) is 21.6. The number of para-hydroxylation sites is 2. The Bertz CT molecular complexity index is 8700. The molecule has 22 rings (SSSR count). The summed E-state index contributed by atoms with van der Waals surface area (Å²) in [5.74, 6) is 1.79. The zero-order chi connectivity index (χ0) is 98.5. The molecule has 22 aromatic rings. The molecule has 0 atom stereocenters. The standard InChI is InChI=1S/C67H62N3O2.C64H56N3O2.2Pt/c1-64(2,3)46-30-31-55(52(38-46)41-21-14-12-15-22-41)70-56-28-20-27-50(60(56)69-63(70)53-39-47(65(4,5)6)40-54(61(53)71)66(7,8)9)43-35-44(37-48(36-43)67(10,11)45-24-16-13-17-25-45)59-62-51(33-34-68-59)58-49-26-19-18-23-42(49)29-32-57(58)72-62;1-62(2,3)45-28-29-53(50(36-45)40-21-14-11-15-22-40)67-54-26-18-25-48(58(54)66-61(67)51-37-46(63(4,5)6)38-52(59(51)68)64(7,8)9)43-33-42(39-19-12-10-13-20-39)34-44(35-43)57-60-49(31-32-65-57)56-47-24-17-16-23-41(47)27-30-55(56)69-60;;/h12-34,36-40,71H,1-11H3;10-34,36-38,68H,1-9H3;;/q2*-1;;. The Balaban J connectivity index is 0.000000179. The van der Waals surface area contributed by atoms with Crippen LogP contribution >= 0.6 is 0 Å². The van der Waals surface area contributed by atoms with Gasteiger partial charge in [0.25, 0.3) is 0 Å². The third-order valence-corrected chi connectivity index (χ3v) is 28.5. The van der Waals surface area contributed by atoms with Crippen LogP contribution in [0.4, 0.5) is 0 Å². The number of imidazole rings is 2. The van der Waals surface area contributed by atoms with E-state index in [2.05, 4.69) is 481 Å². The zero-order valence-corrected chi connectivity index (χ0v) is 89.4. The van der Waals surface area contributed by atoms with Gasteiger partial charge in [-0.05, 0) is 171 Å². The van der Waals surface area contributed by atoms with Gasteiger partial charge in [0.05, 0.1) is 44.6 Å². The van der Waals surface area contributed by atoms with Crippen molar-refractivity contribution < 1.29 is 61.2 Å². The van der Waals surface area contributed by atoms with Crippen LogP contribution < -0.4 is 0 Å². The Hall–Kier alpha value is -14.1. The molecule has 0 saturated heterocycles. The summed E-state index contributed by atoms with van der Waals surface area (Å²) < 4.78 is 18.1. The predicted molar refractivity (Wildman–Crippen MR) is 588 cm³/mol. The van der Waals surface area contributed by atoms with Gasteiger partial charge in [0.2, 0.25) is 0 Å². The molecule has 10 nitrogen and oxygen atoms in total. The van der Waals surface area contributed by atoms with Gasteiger partial charge in [-0.25, -0.2) is 9.97 Å². The smallest absolute Gasteiger partial charge is 0.148 e. The maximum absolute atomic E-state index is 12.7. The molecular weight excluding hydrogens is 2110 g/mol. The van der Waals surface area contributed by atoms with Crippen LogP contribution in [-0.2, 0) is 80.0 Å². The summed E-state index contributed by atoms with van der Waals surface area (Å²) >= 11 is 0. The number of furan rings is 2. The number of aromatic hydroxyl groups is 2. The van der Waals surface area contributed by atoms with Gasteiger partial charge in [-0.3, -0.25) is 19.1 Å². The second-order valence-corrected chi connectivity index (χ2v) is 44.8. The Morgan fingerprint density at radius 2 is 0.636 bits per heavy atom. The quantitative estimate of drug-likeness (QED) is 0.109. The zero-order valence-electron chi connectivity index (χ0n) is 84.9. The average Bonchev–Trinajstić information content (AvgIpc) is 1.59. The van der Waals surface area contributed by atoms with Gasteiger partial charge in [0, 0.05) is 115 Å². The van der Waals surface area contributed by atoms with E-state index in [0.29, 0.717) is 22.8 Å². The number of rotatable bonds is 13. The fourth-order valence-electron chi connectivity index (χ4n) is 20.4. The number of phenols is 2. The van der Waals surface area contributed by atoms with Gasteiger partial charge in [-0.2, -0.15) is 0 Å². The molecule has 0 amide bonds. The van der Waals surface area contributed by atoms with Crippen LogP contribution in [0.3, 0.4) is 0 Å². The summed E-state index contributed by atoms with van der Waals surface area (Å²) in [7, 11) is 0. The van der Waals surface area contributed by atoms with Crippen molar-refractivity contribution in [3.63, 3.8) is 0 Å². The molecule has 0 aliphatic rings. The minimum Gasteiger partial charge on any atom is -0.507 e. The Labute approximate surface area is 867 Å². The molecule has 0 unspecified atom stereocenters. The van der Waals surface area contributed by atoms with Crippen molar-refractivity contribution in [1.29, 1.82) is 0 Å². The second-order valence-electron chi connectivity index (χ2n) is 44.8. The predicted octanol–water partition coefficient (Wildman–Crippen LogP) is 35.1. The molecule has 12 heteroatoms. The van der Waals surface area contributed by atoms with E-state index in [9.17, 15) is 10.2 Å². The number of fused-ring (bicyclic) bond motifs is 12. The van der Waals surface area contributed by atoms with Crippen molar-refractivity contribution in [3.05, 3.63) is 397 Å². The first kappa shape index (κ1) is 97.7. The number of aromatic nitrogens is 6. The molecule has 2 N–H and O–H groups in total. The van der Waals surface area contributed by atoms with Crippen molar-refractivity contribution in [2.75, 3.05) is 0 Å². The Morgan fingerprint density at radius 3 is 1.05 bits per heavy atom. The van der Waals surface area contributed by atoms with E-state index >= 15 is 0 Å². The molecule has 718 valence electrons. The number of phenolic OH excluding ortho intramolecular Hbond substituents is 2. The van der Waals surface area contributed by atoms with E-state index in [0.717, 1.165) is 205 Å². The summed E-state index contributed by atoms with van der Waals surface area (Å²) in [5, 5.41) is 34.1. The normalized spacial score (nSPS) is 12.4. The fourth-order valence-corrected chi connectivity index (χ4v) is 20.4. The van der Waals surface area contributed by atoms with E-state index in [4.69, 9.17) is 28.8 Å². The van der Waals surface area contributed by atoms with E-state index in [1.54, 1.807) is 0 Å². The van der Waals surface area contributed by atoms with Crippen LogP contribution in [-0.4, -0.2) is 39.3 Å². The van der Waals surface area contributed by atoms with Gasteiger partial charge in [-0.15, -0.1) is 53.1 Å². The van der Waals surface area contributed by atoms with Crippen molar-refractivity contribution in [2.45, 2.75) is 176 Å². The Kier molecular flexibility index (Phi) is 25.3. The molecule has 6 aromatic heterocycles. The summed E-state index contributed by atoms with van der Waals surface area (Å²) in [6, 6.07) is 124. The molecule has 6 heterocycles. The Morgan fingerprint density at radius 1 is 0.273 bits per heavy atom. The van der Waals surface area contributed by atoms with Crippen LogP contribution in [0.15, 0.2) is 349 Å². The van der Waals surface area contributed by atoms with Crippen LogP contribution in [0.25, 0.3) is 200 Å². The molecular formula is C131H118N6O4Pt2-2. The molecule has 0 bridgehead atoms. The van der Waals surface area contributed by atoms with Gasteiger partial charge in [0.1, 0.15) is 45.5 Å². The molecule has 0 spiro atoms. The molecule has 0 fully saturated rings. The van der Waals surface area contributed by atoms with E-state index < -0.39 is 5.41 Å². The maximum Gasteiger partial charge on any atom is 0.148 e. The molecule has 143 heavy (non-hydrogen) atoms. The molecule has 0 saturated carbocycles. The number of nitrogens with zero attached hydrogens (tertiary/aromatic N) is 6. The topological polar surface area (TPSA) is 128 Å². The van der Waals surface area contributed by atoms with Gasteiger partial charge in [0.15, 0.2) is 0 Å². The van der Waals surface area contributed by atoms with E-state index in [1.807, 2.05) is 18.5 Å². The van der Waals surface area contributed by atoms with Gasteiger partial charge < -0.3 is 19.0 Å². The monoisotopic (exact) mass is 2230 g/mol. The average molecular weight is 2230 g/mol. The summed E-state index contributed by atoms with van der Waals surface area (Å²) in [5.41, 5.74) is 29.9. The van der Waals surface area contributed by atoms with Crippen LogP contribution in [0, 0.1) is 12.1 Å². The number of hydrogen-bond acceptors (Lipinski definition) is 8. The largest absolute Gasteiger partial charge is 0.507 e. The second kappa shape index (κ2) is 37.0. The summed E-state index contributed by atoms with van der Waals surface area (Å²) in [6.45, 7) is 44.5. The third-order valence-electron chi connectivity index (χ3n) is 28.5. The fraction of sp³-hybridized carbons (Fsp3) is 0.206. The van der Waals surface area contributed by atoms with E-state index in [1.165, 1.54) is 16.7 Å². The number of pyridine rings is 2. The molecule has 0 radical (unpaired) electrons. The van der Waals surface area contributed by atoms with Crippen molar-refractivity contribution in [2.24, 2.45) is 0 Å². The maximum atomic E-state index is 12.7. The summed E-state index contributed by atoms with van der Waals surface area (Å²) in [6.07, 6.45) is 3.77. The van der Waals surface area contributed by atoms with Crippen LogP contribution in [0.2, 0.25) is 0 Å². The first-order chi connectivity index (χ1) is 67.3. The minimum absolute atomic E-state index is 0. The van der Waals surface area contributed by atoms with Crippen molar-refractivity contribution in [3.8, 4) is 124 Å². The van der Waals surface area contributed by atoms with Gasteiger partial charge >= 0.3 is 0 Å². The first-order valence-electron chi connectivity index (χ1n) is 49.2. The molecule has 0 aliphatic heterocycles. The molecule has 0 aliphatic carbocycles. The SMILES string of the molecule is CC(C)(C)c1ccc(-n2c(-c3cc(C(C)(C)C)cc(C(C)(C)C)c3O)nc3c(-c4[c-]c(-c5nccc6c5oc5ccc7ccccc7c56)cc(-c5ccccc5)c4)cccc32)c(-c2ccccc2)c1.CC(C)(C)c1ccc(-n2c(-c3cc(C(C)(C)C)cc(C(C)(C)C)c3O)nc3c(-c4[c-]c(-c5nccc6c5oc5ccc7ccccc7c56)cc(C(C)(C)c5ccccc5)c4)cccc32)c(-c2ccccc2)c1.[Pt].[Pt]. The van der Waals surface area contributed by atoms with Gasteiger partial charge in [-0.1, -0.05) is 397 Å². The van der Waals surface area contributed by atoms with E-state index in [-0.39, 0.29) is 86.1 Å². The third kappa shape index (κ3) is 18.0. The number of hydrogen-bond donors (Lipinski definition) is 2. The van der Waals surface area contributed by atoms with Crippen molar-refractivity contribution in [1.82, 2.24) is 29.1 Å². The first-order valence-corrected chi connectivity index (χ1v) is 49.2. The van der Waals surface area contributed by atoms with Crippen molar-refractivity contribution >= 4 is 87.5 Å². The van der Waals surface area contributed by atoms with Crippen LogP contribution in [0.5, 0.6) is 11.5 Å². The van der Waals surface area contributed by atoms with Crippen LogP contribution in [0.1, 0.15) is 183 Å².